The van der Waals surface area contributed by atoms with E-state index in [2.05, 4.69) is 56.0 Å². The maximum absolute atomic E-state index is 6.12. The average molecular weight is 414 g/mol. The second-order valence-corrected chi connectivity index (χ2v) is 7.65. The molecule has 0 N–H and O–H groups in total. The van der Waals surface area contributed by atoms with Gasteiger partial charge in [0.2, 0.25) is 0 Å². The molecule has 3 nitrogen and oxygen atoms in total. The van der Waals surface area contributed by atoms with Gasteiger partial charge in [0.15, 0.2) is 0 Å². The van der Waals surface area contributed by atoms with Crippen LogP contribution in [-0.2, 0) is 16.0 Å². The van der Waals surface area contributed by atoms with Crippen LogP contribution in [0.1, 0.15) is 90.5 Å². The summed E-state index contributed by atoms with van der Waals surface area (Å²) in [4.78, 5) is 2.27. The van der Waals surface area contributed by atoms with Crippen LogP contribution in [0.2, 0.25) is 0 Å². The van der Waals surface area contributed by atoms with Crippen LogP contribution < -0.4 is 0 Å². The fourth-order valence-corrected chi connectivity index (χ4v) is 3.42. The Bertz CT molecular complexity index is 443. The first-order valence-corrected chi connectivity index (χ1v) is 11.1. The number of hydrogen-bond acceptors (Lipinski definition) is 3. The molecule has 0 aromatic heterocycles. The zero-order valence-corrected chi connectivity index (χ0v) is 19.5. The Morgan fingerprint density at radius 2 is 1.32 bits per heavy atom. The third kappa shape index (κ3) is 12.8. The molecule has 28 heavy (non-hydrogen) atoms. The minimum atomic E-state index is 0. The van der Waals surface area contributed by atoms with Crippen molar-refractivity contribution in [3.8, 4) is 0 Å². The molecule has 0 heterocycles. The molecule has 4 heteroatoms. The van der Waals surface area contributed by atoms with E-state index in [4.69, 9.17) is 9.47 Å². The number of nitrogens with zero attached hydrogens (tertiary/aromatic N) is 1. The first-order valence-electron chi connectivity index (χ1n) is 11.1. The highest BCUT2D eigenvalue weighted by atomic mass is 35.5. The lowest BCUT2D eigenvalue weighted by atomic mass is 10.1. The van der Waals surface area contributed by atoms with Gasteiger partial charge >= 0.3 is 0 Å². The lowest BCUT2D eigenvalue weighted by molar-refractivity contribution is -0.134. The zero-order chi connectivity index (χ0) is 19.7. The summed E-state index contributed by atoms with van der Waals surface area (Å²) in [5.74, 6) is 0. The second-order valence-electron chi connectivity index (χ2n) is 7.65. The van der Waals surface area contributed by atoms with Gasteiger partial charge in [-0.05, 0) is 25.8 Å². The molecule has 1 aromatic carbocycles. The summed E-state index contributed by atoms with van der Waals surface area (Å²) in [7, 11) is 1.76. The minimum Gasteiger partial charge on any atom is -0.367 e. The Kier molecular flexibility index (Phi) is 18.0. The van der Waals surface area contributed by atoms with E-state index >= 15 is 0 Å². The van der Waals surface area contributed by atoms with Gasteiger partial charge in [-0.2, -0.15) is 0 Å². The van der Waals surface area contributed by atoms with Crippen LogP contribution >= 0.6 is 12.4 Å². The van der Waals surface area contributed by atoms with Crippen molar-refractivity contribution in [1.82, 2.24) is 4.90 Å². The number of ether oxygens (including phenoxy) is 2. The van der Waals surface area contributed by atoms with Gasteiger partial charge in [-0.25, -0.2) is 4.90 Å². The Labute approximate surface area is 180 Å². The SMILES string of the molecule is CCCCCCCCCCCCOC(C)N(Cc1ccccc1)C(C)OC.Cl. The third-order valence-corrected chi connectivity index (χ3v) is 5.34. The van der Waals surface area contributed by atoms with E-state index in [1.165, 1.54) is 63.4 Å². The summed E-state index contributed by atoms with van der Waals surface area (Å²) in [6, 6.07) is 10.5. The summed E-state index contributed by atoms with van der Waals surface area (Å²) in [5.41, 5.74) is 1.29. The van der Waals surface area contributed by atoms with Crippen molar-refractivity contribution < 1.29 is 9.47 Å². The Morgan fingerprint density at radius 1 is 0.786 bits per heavy atom. The van der Waals surface area contributed by atoms with Gasteiger partial charge in [-0.1, -0.05) is 95.0 Å². The Hall–Kier alpha value is -0.610. The van der Waals surface area contributed by atoms with Crippen molar-refractivity contribution in [2.24, 2.45) is 0 Å². The van der Waals surface area contributed by atoms with Crippen LogP contribution in [0.25, 0.3) is 0 Å². The molecule has 0 radical (unpaired) electrons. The summed E-state index contributed by atoms with van der Waals surface area (Å²) in [6.45, 7) is 8.17. The monoisotopic (exact) mass is 413 g/mol. The quantitative estimate of drug-likeness (QED) is 0.199. The summed E-state index contributed by atoms with van der Waals surface area (Å²) < 4.78 is 11.7. The summed E-state index contributed by atoms with van der Waals surface area (Å²) >= 11 is 0. The largest absolute Gasteiger partial charge is 0.367 e. The molecule has 0 aliphatic carbocycles. The molecule has 2 atom stereocenters. The first-order chi connectivity index (χ1) is 13.2. The van der Waals surface area contributed by atoms with Crippen molar-refractivity contribution >= 4 is 12.4 Å². The molecule has 0 aliphatic heterocycles. The molecular weight excluding hydrogens is 370 g/mol. The predicted molar refractivity (Wildman–Crippen MR) is 123 cm³/mol. The lowest BCUT2D eigenvalue weighted by Gasteiger charge is -2.33. The van der Waals surface area contributed by atoms with Crippen LogP contribution in [0.3, 0.4) is 0 Å². The van der Waals surface area contributed by atoms with Crippen LogP contribution in [0.15, 0.2) is 30.3 Å². The van der Waals surface area contributed by atoms with Gasteiger partial charge in [0.1, 0.15) is 12.5 Å². The summed E-state index contributed by atoms with van der Waals surface area (Å²) in [6.07, 6.45) is 13.6. The molecule has 164 valence electrons. The highest BCUT2D eigenvalue weighted by Crippen LogP contribution is 2.15. The topological polar surface area (TPSA) is 21.7 Å². The maximum atomic E-state index is 6.12. The second kappa shape index (κ2) is 18.4. The molecule has 2 unspecified atom stereocenters. The summed E-state index contributed by atoms with van der Waals surface area (Å²) in [5, 5.41) is 0. The molecule has 0 saturated carbocycles. The zero-order valence-electron chi connectivity index (χ0n) is 18.7. The predicted octanol–water partition coefficient (Wildman–Crippen LogP) is 7.19. The van der Waals surface area contributed by atoms with Gasteiger partial charge in [-0.15, -0.1) is 12.4 Å². The average Bonchev–Trinajstić information content (AvgIpc) is 2.70. The molecular formula is C24H44ClNO2. The van der Waals surface area contributed by atoms with Gasteiger partial charge in [0.05, 0.1) is 0 Å². The van der Waals surface area contributed by atoms with E-state index in [9.17, 15) is 0 Å². The molecule has 0 amide bonds. The van der Waals surface area contributed by atoms with Gasteiger partial charge in [-0.3, -0.25) is 0 Å². The van der Waals surface area contributed by atoms with E-state index in [1.54, 1.807) is 7.11 Å². The van der Waals surface area contributed by atoms with Crippen LogP contribution in [-0.4, -0.2) is 31.1 Å². The van der Waals surface area contributed by atoms with Crippen molar-refractivity contribution in [2.75, 3.05) is 13.7 Å². The number of rotatable bonds is 17. The fourth-order valence-electron chi connectivity index (χ4n) is 3.42. The number of benzene rings is 1. The van der Waals surface area contributed by atoms with Gasteiger partial charge < -0.3 is 9.47 Å². The molecule has 1 rings (SSSR count). The van der Waals surface area contributed by atoms with E-state index in [0.717, 1.165) is 19.6 Å². The van der Waals surface area contributed by atoms with Gasteiger partial charge in [0.25, 0.3) is 0 Å². The van der Waals surface area contributed by atoms with Crippen molar-refractivity contribution in [3.63, 3.8) is 0 Å². The lowest BCUT2D eigenvalue weighted by Crippen LogP contribution is -2.42. The van der Waals surface area contributed by atoms with Crippen molar-refractivity contribution in [1.29, 1.82) is 0 Å². The Balaban J connectivity index is 0.00000729. The van der Waals surface area contributed by atoms with Crippen LogP contribution in [0, 0.1) is 0 Å². The smallest absolute Gasteiger partial charge is 0.110 e. The van der Waals surface area contributed by atoms with Crippen LogP contribution in [0.5, 0.6) is 0 Å². The molecule has 1 aromatic rings. The fraction of sp³-hybridized carbons (Fsp3) is 0.750. The maximum Gasteiger partial charge on any atom is 0.110 e. The molecule has 0 aliphatic rings. The van der Waals surface area contributed by atoms with E-state index < -0.39 is 0 Å². The number of unbranched alkanes of at least 4 members (excludes halogenated alkanes) is 9. The standard InChI is InChI=1S/C24H43NO2.ClH/c1-5-6-7-8-9-10-11-12-13-17-20-27-23(3)25(22(2)26-4)21-24-18-15-14-16-19-24;/h14-16,18-19,22-23H,5-13,17,20-21H2,1-4H3;1H. The van der Waals surface area contributed by atoms with E-state index in [1.807, 2.05) is 0 Å². The molecule has 0 fully saturated rings. The third-order valence-electron chi connectivity index (χ3n) is 5.34. The molecule has 0 bridgehead atoms. The number of hydrogen-bond donors (Lipinski definition) is 0. The Morgan fingerprint density at radius 3 is 1.86 bits per heavy atom. The first kappa shape index (κ1) is 27.4. The number of methoxy groups -OCH3 is 1. The van der Waals surface area contributed by atoms with Crippen LogP contribution in [0.4, 0.5) is 0 Å². The molecule has 0 spiro atoms. The van der Waals surface area contributed by atoms with E-state index in [-0.39, 0.29) is 24.9 Å². The van der Waals surface area contributed by atoms with E-state index in [0.29, 0.717) is 0 Å². The van der Waals surface area contributed by atoms with Crippen molar-refractivity contribution in [2.45, 2.75) is 104 Å². The highest BCUT2D eigenvalue weighted by Gasteiger charge is 2.20. The highest BCUT2D eigenvalue weighted by molar-refractivity contribution is 5.85. The minimum absolute atomic E-state index is 0. The molecule has 0 saturated heterocycles. The van der Waals surface area contributed by atoms with Gasteiger partial charge in [0, 0.05) is 20.3 Å². The number of halogens is 1. The normalized spacial score (nSPS) is 13.3. The van der Waals surface area contributed by atoms with Crippen molar-refractivity contribution in [3.05, 3.63) is 35.9 Å².